The predicted molar refractivity (Wildman–Crippen MR) is 322 cm³/mol. The van der Waals surface area contributed by atoms with Crippen molar-refractivity contribution in [3.8, 4) is 0 Å². The van der Waals surface area contributed by atoms with Crippen LogP contribution in [0.4, 0.5) is 0 Å². The van der Waals surface area contributed by atoms with Crippen LogP contribution in [-0.2, 0) is 32.0 Å². The molecule has 13 nitrogen and oxygen atoms in total. The van der Waals surface area contributed by atoms with E-state index in [1.165, 1.54) is 62.2 Å². The van der Waals surface area contributed by atoms with Crippen LogP contribution in [0.5, 0.6) is 0 Å². The Bertz CT molecular complexity index is 2260. The molecule has 0 spiro atoms. The third-order valence-corrected chi connectivity index (χ3v) is 16.3. The summed E-state index contributed by atoms with van der Waals surface area (Å²) in [6.07, 6.45) is 39.6. The maximum atomic E-state index is 12.6. The highest BCUT2D eigenvalue weighted by Gasteiger charge is 2.49. The quantitative estimate of drug-likeness (QED) is 0.0252. The standard InChI is InChI=1S/C63H105NO12P2/c1-47(2)24-14-25-48(3)26-15-27-49(4)28-16-29-50(5)30-17-31-51(6)32-18-33-52(7)34-19-35-53(8)36-20-37-54(9)38-21-39-55(10)40-22-41-56(11)42-23-43-57(12)44-45-73-77(69,70)76-78(71,72)75-63-60(64-58(13)66)62(68)61(67)59(46-65)74-63/h24,26,28,30,32,34,36,38,40,42,44,59-63,65,67-68H,14-23,25,27,29,31,33,35,37,39,41,43,45-46H2,1-13H3,(H,64,66)(H,69,70)(H,71,72)/b48-26+,49-28+,50-30+,51-32+,52-34+,53-36+,54-38+,55-40+,56-42+,57-44+/t59-,60-,61+,62-,63-/m1/s1. The molecule has 1 saturated heterocycles. The van der Waals surface area contributed by atoms with Gasteiger partial charge in [-0.1, -0.05) is 128 Å². The van der Waals surface area contributed by atoms with Crippen LogP contribution in [-0.4, -0.2) is 74.9 Å². The third-order valence-electron chi connectivity index (χ3n) is 13.7. The number of aliphatic hydroxyl groups is 3. The van der Waals surface area contributed by atoms with Crippen LogP contribution in [0.3, 0.4) is 0 Å². The van der Waals surface area contributed by atoms with Crippen molar-refractivity contribution in [3.05, 3.63) is 128 Å². The maximum absolute atomic E-state index is 12.6. The van der Waals surface area contributed by atoms with Crippen molar-refractivity contribution in [2.24, 2.45) is 0 Å². The normalized spacial score (nSPS) is 21.6. The van der Waals surface area contributed by atoms with Crippen molar-refractivity contribution < 1.29 is 57.1 Å². The van der Waals surface area contributed by atoms with Crippen molar-refractivity contribution in [1.29, 1.82) is 0 Å². The first-order chi connectivity index (χ1) is 36.7. The van der Waals surface area contributed by atoms with Gasteiger partial charge >= 0.3 is 15.6 Å². The molecule has 15 heteroatoms. The summed E-state index contributed by atoms with van der Waals surface area (Å²) in [7, 11) is -10.6. The summed E-state index contributed by atoms with van der Waals surface area (Å²) in [4.78, 5) is 31.9. The van der Waals surface area contributed by atoms with Gasteiger partial charge in [-0.2, -0.15) is 4.31 Å². The average Bonchev–Trinajstić information content (AvgIpc) is 3.33. The molecule has 1 aliphatic heterocycles. The van der Waals surface area contributed by atoms with Crippen LogP contribution in [0.15, 0.2) is 128 Å². The Morgan fingerprint density at radius 2 is 0.731 bits per heavy atom. The molecule has 0 aromatic carbocycles. The van der Waals surface area contributed by atoms with Crippen LogP contribution in [0.25, 0.3) is 0 Å². The molecule has 0 aromatic heterocycles. The number of phosphoric ester groups is 2. The number of hydrogen-bond acceptors (Lipinski definition) is 10. The van der Waals surface area contributed by atoms with Crippen molar-refractivity contribution in [2.45, 2.75) is 249 Å². The molecule has 7 atom stereocenters. The minimum absolute atomic E-state index is 0.407. The fraction of sp³-hybridized carbons (Fsp3) is 0.635. The fourth-order valence-corrected chi connectivity index (χ4v) is 10.8. The molecule has 0 saturated carbocycles. The second-order valence-corrected chi connectivity index (χ2v) is 25.0. The monoisotopic (exact) mass is 1130 g/mol. The smallest absolute Gasteiger partial charge is 0.394 e. The predicted octanol–water partition coefficient (Wildman–Crippen LogP) is 16.4. The van der Waals surface area contributed by atoms with Crippen molar-refractivity contribution in [3.63, 3.8) is 0 Å². The highest BCUT2D eigenvalue weighted by Crippen LogP contribution is 2.61. The SMILES string of the molecule is CC(=O)N[C@H]1[C@@H](OP(=O)(O)OP(=O)(O)OC/C=C(\C)CC/C=C(\C)CC/C=C(\C)CC/C=C(\C)CC/C=C(\C)CC/C=C(\C)CC/C=C(\C)CC/C=C(\C)CC/C=C(\C)CC/C=C(\C)CCC=C(C)C)O[C@H](CO)[C@H](O)[C@@H]1O. The van der Waals surface area contributed by atoms with Gasteiger partial charge in [0.15, 0.2) is 6.29 Å². The lowest BCUT2D eigenvalue weighted by atomic mass is 9.97. The van der Waals surface area contributed by atoms with E-state index >= 15 is 0 Å². The van der Waals surface area contributed by atoms with Gasteiger partial charge in [0.05, 0.1) is 13.2 Å². The van der Waals surface area contributed by atoms with E-state index in [1.54, 1.807) is 6.08 Å². The lowest BCUT2D eigenvalue weighted by Gasteiger charge is -2.42. The summed E-state index contributed by atoms with van der Waals surface area (Å²) in [6, 6.07) is -1.58. The van der Waals surface area contributed by atoms with E-state index in [2.05, 4.69) is 147 Å². The number of carbonyl (C=O) groups is 1. The number of amides is 1. The molecule has 0 aromatic rings. The average molecular weight is 1130 g/mol. The molecule has 0 aliphatic carbocycles. The molecule has 2 unspecified atom stereocenters. The summed E-state index contributed by atoms with van der Waals surface area (Å²) < 4.78 is 44.4. The third kappa shape index (κ3) is 36.9. The Hall–Kier alpha value is -3.29. The molecule has 1 amide bonds. The minimum atomic E-state index is -5.42. The Morgan fingerprint density at radius 3 is 1.00 bits per heavy atom. The first-order valence-electron chi connectivity index (χ1n) is 28.5. The van der Waals surface area contributed by atoms with Crippen molar-refractivity contribution in [1.82, 2.24) is 5.32 Å². The van der Waals surface area contributed by atoms with E-state index < -0.39 is 65.4 Å². The number of ether oxygens (including phenoxy) is 1. The molecule has 0 radical (unpaired) electrons. The molecule has 78 heavy (non-hydrogen) atoms. The van der Waals surface area contributed by atoms with Gasteiger partial charge in [-0.05, 0) is 212 Å². The summed E-state index contributed by atoms with van der Waals surface area (Å²) in [5.74, 6) is -0.707. The first kappa shape index (κ1) is 72.7. The van der Waals surface area contributed by atoms with Gasteiger partial charge in [0.1, 0.15) is 24.4 Å². The first-order valence-corrected chi connectivity index (χ1v) is 31.5. The second-order valence-electron chi connectivity index (χ2n) is 22.0. The molecule has 444 valence electrons. The van der Waals surface area contributed by atoms with Crippen molar-refractivity contribution >= 4 is 21.6 Å². The molecule has 1 rings (SSSR count). The summed E-state index contributed by atoms with van der Waals surface area (Å²) in [5, 5.41) is 32.1. The minimum Gasteiger partial charge on any atom is -0.394 e. The van der Waals surface area contributed by atoms with Crippen molar-refractivity contribution in [2.75, 3.05) is 13.2 Å². The van der Waals surface area contributed by atoms with E-state index in [9.17, 15) is 39.0 Å². The molecule has 1 fully saturated rings. The van der Waals surface area contributed by atoms with Gasteiger partial charge in [0, 0.05) is 6.92 Å². The zero-order chi connectivity index (χ0) is 58.7. The van der Waals surface area contributed by atoms with E-state index in [-0.39, 0.29) is 0 Å². The Kier molecular flexibility index (Phi) is 38.1. The molecule has 0 bridgehead atoms. The fourth-order valence-electron chi connectivity index (χ4n) is 8.66. The van der Waals surface area contributed by atoms with Gasteiger partial charge in [-0.25, -0.2) is 9.13 Å². The van der Waals surface area contributed by atoms with E-state index in [1.807, 2.05) is 6.92 Å². The Morgan fingerprint density at radius 1 is 0.449 bits per heavy atom. The van der Waals surface area contributed by atoms with Crippen LogP contribution < -0.4 is 5.32 Å². The van der Waals surface area contributed by atoms with Crippen LogP contribution in [0.2, 0.25) is 0 Å². The van der Waals surface area contributed by atoms with Crippen LogP contribution in [0, 0.1) is 0 Å². The van der Waals surface area contributed by atoms with Gasteiger partial charge in [-0.15, -0.1) is 0 Å². The largest absolute Gasteiger partial charge is 0.483 e. The number of phosphoric acid groups is 2. The Balaban J connectivity index is 2.33. The molecular weight excluding hydrogens is 1020 g/mol. The summed E-state index contributed by atoms with van der Waals surface area (Å²) >= 11 is 0. The molecule has 1 aliphatic rings. The topological polar surface area (TPSA) is 201 Å². The molecule has 6 N–H and O–H groups in total. The van der Waals surface area contributed by atoms with Gasteiger partial charge in [0.2, 0.25) is 5.91 Å². The van der Waals surface area contributed by atoms with Gasteiger partial charge < -0.3 is 35.2 Å². The number of allylic oxidation sites excluding steroid dienone is 21. The summed E-state index contributed by atoms with van der Waals surface area (Å²) in [5.41, 5.74) is 15.3. The lowest BCUT2D eigenvalue weighted by molar-refractivity contribution is -0.247. The second kappa shape index (κ2) is 40.8. The molecular formula is C63H105NO12P2. The van der Waals surface area contributed by atoms with Gasteiger partial charge in [-0.3, -0.25) is 13.8 Å². The summed E-state index contributed by atoms with van der Waals surface area (Å²) in [6.45, 7) is 26.2. The van der Waals surface area contributed by atoms with E-state index in [0.29, 0.717) is 6.42 Å². The number of hydrogen-bond donors (Lipinski definition) is 6. The lowest BCUT2D eigenvalue weighted by Crippen LogP contribution is -2.64. The number of rotatable bonds is 39. The number of aliphatic hydroxyl groups excluding tert-OH is 3. The van der Waals surface area contributed by atoms with E-state index in [0.717, 1.165) is 128 Å². The number of carbonyl (C=O) groups excluding carboxylic acids is 1. The molecule has 1 heterocycles. The van der Waals surface area contributed by atoms with E-state index in [4.69, 9.17) is 13.8 Å². The maximum Gasteiger partial charge on any atom is 0.483 e. The number of nitrogens with one attached hydrogen (secondary N) is 1. The zero-order valence-corrected chi connectivity index (χ0v) is 52.1. The highest BCUT2D eigenvalue weighted by molar-refractivity contribution is 7.61. The van der Waals surface area contributed by atoms with Gasteiger partial charge in [0.25, 0.3) is 0 Å². The van der Waals surface area contributed by atoms with Crippen LogP contribution >= 0.6 is 15.6 Å². The van der Waals surface area contributed by atoms with Crippen LogP contribution in [0.1, 0.15) is 218 Å². The zero-order valence-electron chi connectivity index (χ0n) is 50.3. The highest BCUT2D eigenvalue weighted by atomic mass is 31.3. The Labute approximate surface area is 472 Å².